The van der Waals surface area contributed by atoms with Crippen LogP contribution in [0.15, 0.2) is 102 Å². The predicted molar refractivity (Wildman–Crippen MR) is 189 cm³/mol. The Bertz CT molecular complexity index is 1810. The standard InChI is InChI=1S/C36H39Cl2N3O6S/c1-5-25(2)39-36(43)32(20-26-12-8-6-9-13-26)40(23-27-16-17-28(37)21-31(27)38)35(42)24-41(48(44,45)30-14-10-7-11-15-30)29-18-19-33(46-3)34(22-29)47-4/h6-19,21-22,25,32H,5,20,23-24H2,1-4H3,(H,39,43)/t25-,32+/m0/s1. The van der Waals surface area contributed by atoms with E-state index < -0.39 is 28.5 Å². The Morgan fingerprint density at radius 3 is 2.10 bits per heavy atom. The van der Waals surface area contributed by atoms with Crippen molar-refractivity contribution in [2.45, 2.75) is 50.2 Å². The van der Waals surface area contributed by atoms with E-state index in [9.17, 15) is 18.0 Å². The maximum absolute atomic E-state index is 14.7. The Balaban J connectivity index is 1.86. The minimum absolute atomic E-state index is 0.0183. The Morgan fingerprint density at radius 1 is 0.854 bits per heavy atom. The van der Waals surface area contributed by atoms with Gasteiger partial charge in [-0.2, -0.15) is 0 Å². The molecule has 1 N–H and O–H groups in total. The molecule has 2 amide bonds. The second-order valence-electron chi connectivity index (χ2n) is 11.1. The van der Waals surface area contributed by atoms with Crippen molar-refractivity contribution in [3.8, 4) is 11.5 Å². The first kappa shape index (κ1) is 36.6. The van der Waals surface area contributed by atoms with Gasteiger partial charge in [0, 0.05) is 35.1 Å². The molecular weight excluding hydrogens is 673 g/mol. The van der Waals surface area contributed by atoms with Crippen molar-refractivity contribution >= 4 is 50.7 Å². The Labute approximate surface area is 292 Å². The van der Waals surface area contributed by atoms with Gasteiger partial charge in [0.2, 0.25) is 11.8 Å². The van der Waals surface area contributed by atoms with Crippen LogP contribution in [0.5, 0.6) is 11.5 Å². The largest absolute Gasteiger partial charge is 0.493 e. The highest BCUT2D eigenvalue weighted by molar-refractivity contribution is 7.92. The Morgan fingerprint density at radius 2 is 1.50 bits per heavy atom. The highest BCUT2D eigenvalue weighted by atomic mass is 35.5. The van der Waals surface area contributed by atoms with E-state index in [1.54, 1.807) is 42.5 Å². The van der Waals surface area contributed by atoms with Crippen molar-refractivity contribution in [3.63, 3.8) is 0 Å². The number of rotatable bonds is 15. The van der Waals surface area contributed by atoms with Crippen LogP contribution < -0.4 is 19.1 Å². The normalized spacial score (nSPS) is 12.5. The molecule has 0 saturated heterocycles. The summed E-state index contributed by atoms with van der Waals surface area (Å²) in [6, 6.07) is 25.4. The van der Waals surface area contributed by atoms with Crippen molar-refractivity contribution in [3.05, 3.63) is 118 Å². The molecule has 4 aromatic rings. The van der Waals surface area contributed by atoms with Crippen molar-refractivity contribution in [2.24, 2.45) is 0 Å². The Hall–Kier alpha value is -4.25. The van der Waals surface area contributed by atoms with E-state index in [0.717, 1.165) is 9.87 Å². The minimum atomic E-state index is -4.30. The summed E-state index contributed by atoms with van der Waals surface area (Å²) < 4.78 is 40.3. The molecule has 0 saturated carbocycles. The van der Waals surface area contributed by atoms with E-state index in [4.69, 9.17) is 32.7 Å². The number of hydrogen-bond donors (Lipinski definition) is 1. The lowest BCUT2D eigenvalue weighted by Gasteiger charge is -2.34. The average molecular weight is 713 g/mol. The van der Waals surface area contributed by atoms with E-state index in [2.05, 4.69) is 5.32 Å². The molecule has 4 rings (SSSR count). The predicted octanol–water partition coefficient (Wildman–Crippen LogP) is 6.76. The van der Waals surface area contributed by atoms with Gasteiger partial charge in [0.1, 0.15) is 12.6 Å². The number of hydrogen-bond acceptors (Lipinski definition) is 6. The number of carbonyl (C=O) groups excluding carboxylic acids is 2. The fourth-order valence-corrected chi connectivity index (χ4v) is 6.95. The first-order valence-corrected chi connectivity index (χ1v) is 17.6. The van der Waals surface area contributed by atoms with Crippen molar-refractivity contribution in [1.29, 1.82) is 0 Å². The lowest BCUT2D eigenvalue weighted by atomic mass is 10.0. The van der Waals surface area contributed by atoms with Crippen LogP contribution in [-0.4, -0.2) is 58.0 Å². The summed E-state index contributed by atoms with van der Waals surface area (Å²) in [5.74, 6) is -0.352. The maximum Gasteiger partial charge on any atom is 0.264 e. The van der Waals surface area contributed by atoms with Crippen LogP contribution in [0, 0.1) is 0 Å². The molecule has 0 fully saturated rings. The van der Waals surface area contributed by atoms with Gasteiger partial charge in [-0.1, -0.05) is 84.7 Å². The summed E-state index contributed by atoms with van der Waals surface area (Å²) >= 11 is 12.8. The van der Waals surface area contributed by atoms with Gasteiger partial charge in [-0.15, -0.1) is 0 Å². The lowest BCUT2D eigenvalue weighted by Crippen LogP contribution is -2.54. The maximum atomic E-state index is 14.7. The number of nitrogens with zero attached hydrogens (tertiary/aromatic N) is 2. The first-order valence-electron chi connectivity index (χ1n) is 15.4. The van der Waals surface area contributed by atoms with Crippen LogP contribution in [0.25, 0.3) is 0 Å². The van der Waals surface area contributed by atoms with Crippen LogP contribution in [-0.2, 0) is 32.6 Å². The van der Waals surface area contributed by atoms with Gasteiger partial charge >= 0.3 is 0 Å². The zero-order valence-corrected chi connectivity index (χ0v) is 29.6. The minimum Gasteiger partial charge on any atom is -0.493 e. The Kier molecular flexibility index (Phi) is 12.7. The zero-order chi connectivity index (χ0) is 34.8. The molecule has 254 valence electrons. The SMILES string of the molecule is CC[C@H](C)NC(=O)[C@@H](Cc1ccccc1)N(Cc1ccc(Cl)cc1Cl)C(=O)CN(c1ccc(OC)c(OC)c1)S(=O)(=O)c1ccccc1. The highest BCUT2D eigenvalue weighted by Crippen LogP contribution is 2.34. The van der Waals surface area contributed by atoms with Gasteiger partial charge in [-0.25, -0.2) is 8.42 Å². The first-order chi connectivity index (χ1) is 23.0. The molecule has 0 aliphatic heterocycles. The summed E-state index contributed by atoms with van der Waals surface area (Å²) in [7, 11) is -1.39. The summed E-state index contributed by atoms with van der Waals surface area (Å²) in [4.78, 5) is 30.0. The molecule has 0 unspecified atom stereocenters. The van der Waals surface area contributed by atoms with Gasteiger partial charge in [0.25, 0.3) is 10.0 Å². The van der Waals surface area contributed by atoms with Crippen LogP contribution >= 0.6 is 23.2 Å². The molecule has 0 radical (unpaired) electrons. The topological polar surface area (TPSA) is 105 Å². The number of nitrogens with one attached hydrogen (secondary N) is 1. The second-order valence-corrected chi connectivity index (χ2v) is 13.9. The quantitative estimate of drug-likeness (QED) is 0.146. The van der Waals surface area contributed by atoms with Gasteiger partial charge in [-0.3, -0.25) is 13.9 Å². The average Bonchev–Trinajstić information content (AvgIpc) is 3.09. The lowest BCUT2D eigenvalue weighted by molar-refractivity contribution is -0.140. The van der Waals surface area contributed by atoms with Crippen molar-refractivity contribution in [2.75, 3.05) is 25.1 Å². The number of amides is 2. The molecule has 0 heterocycles. The van der Waals surface area contributed by atoms with E-state index in [1.807, 2.05) is 44.2 Å². The van der Waals surface area contributed by atoms with Gasteiger partial charge in [0.15, 0.2) is 11.5 Å². The van der Waals surface area contributed by atoms with E-state index in [-0.39, 0.29) is 41.2 Å². The summed E-state index contributed by atoms with van der Waals surface area (Å²) in [6.45, 7) is 3.10. The third-order valence-electron chi connectivity index (χ3n) is 7.89. The molecule has 0 aromatic heterocycles. The number of anilines is 1. The molecule has 2 atom stereocenters. The van der Waals surface area contributed by atoms with Gasteiger partial charge < -0.3 is 19.7 Å². The zero-order valence-electron chi connectivity index (χ0n) is 27.2. The van der Waals surface area contributed by atoms with Gasteiger partial charge in [-0.05, 0) is 60.9 Å². The van der Waals surface area contributed by atoms with Crippen molar-refractivity contribution in [1.82, 2.24) is 10.2 Å². The van der Waals surface area contributed by atoms with Crippen LogP contribution in [0.2, 0.25) is 10.0 Å². The molecule has 0 aliphatic carbocycles. The van der Waals surface area contributed by atoms with Crippen LogP contribution in [0.3, 0.4) is 0 Å². The molecule has 0 bridgehead atoms. The summed E-state index contributed by atoms with van der Waals surface area (Å²) in [5.41, 5.74) is 1.51. The summed E-state index contributed by atoms with van der Waals surface area (Å²) in [5, 5.41) is 3.72. The molecule has 0 spiro atoms. The number of carbonyl (C=O) groups is 2. The fraction of sp³-hybridized carbons (Fsp3) is 0.278. The molecule has 9 nitrogen and oxygen atoms in total. The fourth-order valence-electron chi connectivity index (χ4n) is 5.06. The van der Waals surface area contributed by atoms with Crippen LogP contribution in [0.4, 0.5) is 5.69 Å². The molecule has 4 aromatic carbocycles. The van der Waals surface area contributed by atoms with Crippen LogP contribution in [0.1, 0.15) is 31.4 Å². The monoisotopic (exact) mass is 711 g/mol. The van der Waals surface area contributed by atoms with Gasteiger partial charge in [0.05, 0.1) is 24.8 Å². The number of benzene rings is 4. The smallest absolute Gasteiger partial charge is 0.264 e. The second kappa shape index (κ2) is 16.7. The third kappa shape index (κ3) is 9.00. The number of ether oxygens (including phenoxy) is 2. The van der Waals surface area contributed by atoms with E-state index in [0.29, 0.717) is 27.8 Å². The van der Waals surface area contributed by atoms with E-state index in [1.165, 1.54) is 43.4 Å². The highest BCUT2D eigenvalue weighted by Gasteiger charge is 2.35. The molecular formula is C36H39Cl2N3O6S. The number of methoxy groups -OCH3 is 2. The third-order valence-corrected chi connectivity index (χ3v) is 10.3. The van der Waals surface area contributed by atoms with E-state index >= 15 is 0 Å². The number of halogens is 2. The van der Waals surface area contributed by atoms with Crippen molar-refractivity contribution < 1.29 is 27.5 Å². The molecule has 48 heavy (non-hydrogen) atoms. The number of sulfonamides is 1. The molecule has 0 aliphatic rings. The molecule has 12 heteroatoms. The summed E-state index contributed by atoms with van der Waals surface area (Å²) in [6.07, 6.45) is 0.838.